The molecular weight excluding hydrogens is 200 g/mol. The Morgan fingerprint density at radius 3 is 2.44 bits per heavy atom. The first-order chi connectivity index (χ1) is 7.54. The molecule has 1 aromatic rings. The number of anilines is 1. The van der Waals surface area contributed by atoms with Crippen LogP contribution in [-0.4, -0.2) is 23.2 Å². The Hall–Kier alpha value is -1.09. The molecule has 0 aliphatic carbocycles. The minimum absolute atomic E-state index is 0.0541. The number of rotatable bonds is 5. The van der Waals surface area contributed by atoms with Crippen LogP contribution in [-0.2, 0) is 6.61 Å². The zero-order chi connectivity index (χ0) is 12.1. The highest BCUT2D eigenvalue weighted by atomic mass is 16.3. The van der Waals surface area contributed by atoms with Gasteiger partial charge in [-0.15, -0.1) is 0 Å². The first-order valence-electron chi connectivity index (χ1n) is 5.83. The SMILES string of the molecule is CC(C)CC(C)N(C)c1ccc(CO)cn1. The highest BCUT2D eigenvalue weighted by Crippen LogP contribution is 2.16. The van der Waals surface area contributed by atoms with Crippen LogP contribution in [0.1, 0.15) is 32.8 Å². The summed E-state index contributed by atoms with van der Waals surface area (Å²) in [7, 11) is 2.06. The molecule has 1 heterocycles. The van der Waals surface area contributed by atoms with Crippen molar-refractivity contribution in [2.24, 2.45) is 5.92 Å². The third-order valence-electron chi connectivity index (χ3n) is 2.83. The number of hydrogen-bond acceptors (Lipinski definition) is 3. The molecule has 0 saturated carbocycles. The third kappa shape index (κ3) is 3.49. The first kappa shape index (κ1) is 13.0. The lowest BCUT2D eigenvalue weighted by molar-refractivity contribution is 0.281. The predicted octanol–water partition coefficient (Wildman–Crippen LogP) is 2.44. The molecule has 90 valence electrons. The molecule has 0 bridgehead atoms. The lowest BCUT2D eigenvalue weighted by atomic mass is 10.0. The monoisotopic (exact) mass is 222 g/mol. The molecule has 1 rings (SSSR count). The molecule has 16 heavy (non-hydrogen) atoms. The maximum Gasteiger partial charge on any atom is 0.128 e. The van der Waals surface area contributed by atoms with Crippen LogP contribution in [0.5, 0.6) is 0 Å². The Morgan fingerprint density at radius 1 is 1.31 bits per heavy atom. The lowest BCUT2D eigenvalue weighted by Crippen LogP contribution is -2.30. The molecule has 0 aromatic carbocycles. The van der Waals surface area contributed by atoms with E-state index in [-0.39, 0.29) is 6.61 Å². The summed E-state index contributed by atoms with van der Waals surface area (Å²) in [5.41, 5.74) is 0.855. The van der Waals surface area contributed by atoms with Crippen LogP contribution in [0, 0.1) is 5.92 Å². The van der Waals surface area contributed by atoms with Gasteiger partial charge >= 0.3 is 0 Å². The Morgan fingerprint density at radius 2 is 2.00 bits per heavy atom. The zero-order valence-electron chi connectivity index (χ0n) is 10.6. The number of hydrogen-bond donors (Lipinski definition) is 1. The van der Waals surface area contributed by atoms with Crippen LogP contribution in [0.3, 0.4) is 0 Å². The molecule has 0 spiro atoms. The molecule has 0 aliphatic heterocycles. The third-order valence-corrected chi connectivity index (χ3v) is 2.83. The molecule has 3 heteroatoms. The average molecular weight is 222 g/mol. The topological polar surface area (TPSA) is 36.4 Å². The smallest absolute Gasteiger partial charge is 0.128 e. The van der Waals surface area contributed by atoms with Gasteiger partial charge in [0, 0.05) is 19.3 Å². The van der Waals surface area contributed by atoms with Crippen molar-refractivity contribution >= 4 is 5.82 Å². The van der Waals surface area contributed by atoms with Crippen molar-refractivity contribution in [2.75, 3.05) is 11.9 Å². The molecule has 1 atom stereocenters. The van der Waals surface area contributed by atoms with E-state index in [2.05, 4.69) is 37.7 Å². The van der Waals surface area contributed by atoms with E-state index in [4.69, 9.17) is 5.11 Å². The Kier molecular flexibility index (Phi) is 4.74. The van der Waals surface area contributed by atoms with Gasteiger partial charge in [0.05, 0.1) is 6.61 Å². The Labute approximate surface area is 98.1 Å². The van der Waals surface area contributed by atoms with Crippen LogP contribution < -0.4 is 4.90 Å². The fourth-order valence-corrected chi connectivity index (χ4v) is 1.78. The van der Waals surface area contributed by atoms with Gasteiger partial charge in [-0.1, -0.05) is 19.9 Å². The van der Waals surface area contributed by atoms with Gasteiger partial charge < -0.3 is 10.0 Å². The van der Waals surface area contributed by atoms with E-state index < -0.39 is 0 Å². The number of aromatic nitrogens is 1. The number of aliphatic hydroxyl groups is 1. The van der Waals surface area contributed by atoms with E-state index in [1.165, 1.54) is 0 Å². The van der Waals surface area contributed by atoms with E-state index in [0.29, 0.717) is 12.0 Å². The van der Waals surface area contributed by atoms with Crippen molar-refractivity contribution in [3.05, 3.63) is 23.9 Å². The second-order valence-electron chi connectivity index (χ2n) is 4.77. The fourth-order valence-electron chi connectivity index (χ4n) is 1.78. The summed E-state index contributed by atoms with van der Waals surface area (Å²) >= 11 is 0. The molecule has 0 fully saturated rings. The van der Waals surface area contributed by atoms with E-state index in [1.807, 2.05) is 12.1 Å². The lowest BCUT2D eigenvalue weighted by Gasteiger charge is -2.27. The van der Waals surface area contributed by atoms with Gasteiger partial charge in [-0.2, -0.15) is 0 Å². The van der Waals surface area contributed by atoms with Crippen molar-refractivity contribution in [2.45, 2.75) is 39.8 Å². The van der Waals surface area contributed by atoms with Crippen molar-refractivity contribution in [3.8, 4) is 0 Å². The van der Waals surface area contributed by atoms with Crippen molar-refractivity contribution in [3.63, 3.8) is 0 Å². The summed E-state index contributed by atoms with van der Waals surface area (Å²) < 4.78 is 0. The van der Waals surface area contributed by atoms with E-state index in [0.717, 1.165) is 17.8 Å². The van der Waals surface area contributed by atoms with Gasteiger partial charge in [0.2, 0.25) is 0 Å². The largest absolute Gasteiger partial charge is 0.392 e. The van der Waals surface area contributed by atoms with Gasteiger partial charge in [-0.25, -0.2) is 4.98 Å². The number of nitrogens with zero attached hydrogens (tertiary/aromatic N) is 2. The van der Waals surface area contributed by atoms with Gasteiger partial charge in [-0.3, -0.25) is 0 Å². The molecule has 0 saturated heterocycles. The summed E-state index contributed by atoms with van der Waals surface area (Å²) in [6.45, 7) is 6.72. The number of pyridine rings is 1. The van der Waals surface area contributed by atoms with Crippen LogP contribution in [0.4, 0.5) is 5.82 Å². The fraction of sp³-hybridized carbons (Fsp3) is 0.615. The standard InChI is InChI=1S/C13H22N2O/c1-10(2)7-11(3)15(4)13-6-5-12(9-16)8-14-13/h5-6,8,10-11,16H,7,9H2,1-4H3. The summed E-state index contributed by atoms with van der Waals surface area (Å²) in [6.07, 6.45) is 2.88. The molecule has 0 aliphatic rings. The van der Waals surface area contributed by atoms with Gasteiger partial charge in [0.15, 0.2) is 0 Å². The normalized spacial score (nSPS) is 12.9. The van der Waals surface area contributed by atoms with Crippen molar-refractivity contribution < 1.29 is 5.11 Å². The highest BCUT2D eigenvalue weighted by molar-refractivity contribution is 5.39. The molecule has 1 aromatic heterocycles. The molecule has 0 radical (unpaired) electrons. The van der Waals surface area contributed by atoms with Gasteiger partial charge in [0.1, 0.15) is 5.82 Å². The van der Waals surface area contributed by atoms with Crippen molar-refractivity contribution in [1.82, 2.24) is 4.98 Å². The van der Waals surface area contributed by atoms with Crippen LogP contribution in [0.2, 0.25) is 0 Å². The highest BCUT2D eigenvalue weighted by Gasteiger charge is 2.12. The molecular formula is C13H22N2O. The second-order valence-corrected chi connectivity index (χ2v) is 4.77. The first-order valence-corrected chi connectivity index (χ1v) is 5.83. The quantitative estimate of drug-likeness (QED) is 0.831. The number of aliphatic hydroxyl groups excluding tert-OH is 1. The summed E-state index contributed by atoms with van der Waals surface area (Å²) in [6, 6.07) is 4.36. The van der Waals surface area contributed by atoms with Crippen molar-refractivity contribution in [1.29, 1.82) is 0 Å². The maximum absolute atomic E-state index is 8.94. The molecule has 3 nitrogen and oxygen atoms in total. The second kappa shape index (κ2) is 5.85. The molecule has 1 N–H and O–H groups in total. The minimum atomic E-state index is 0.0541. The summed E-state index contributed by atoms with van der Waals surface area (Å²) in [5, 5.41) is 8.94. The van der Waals surface area contributed by atoms with E-state index in [9.17, 15) is 0 Å². The van der Waals surface area contributed by atoms with Crippen LogP contribution in [0.25, 0.3) is 0 Å². The average Bonchev–Trinajstić information content (AvgIpc) is 2.27. The van der Waals surface area contributed by atoms with Gasteiger partial charge in [0.25, 0.3) is 0 Å². The van der Waals surface area contributed by atoms with Crippen LogP contribution in [0.15, 0.2) is 18.3 Å². The molecule has 1 unspecified atom stereocenters. The summed E-state index contributed by atoms with van der Waals surface area (Å²) in [4.78, 5) is 6.53. The van der Waals surface area contributed by atoms with Crippen LogP contribution >= 0.6 is 0 Å². The summed E-state index contributed by atoms with van der Waals surface area (Å²) in [5.74, 6) is 1.65. The molecule has 0 amide bonds. The van der Waals surface area contributed by atoms with E-state index in [1.54, 1.807) is 6.20 Å². The van der Waals surface area contributed by atoms with E-state index >= 15 is 0 Å². The predicted molar refractivity (Wildman–Crippen MR) is 67.5 cm³/mol. The minimum Gasteiger partial charge on any atom is -0.392 e. The van der Waals surface area contributed by atoms with Gasteiger partial charge in [-0.05, 0) is 30.9 Å². The zero-order valence-corrected chi connectivity index (χ0v) is 10.6. The Bertz CT molecular complexity index is 308. The Balaban J connectivity index is 2.67. The maximum atomic E-state index is 8.94.